The van der Waals surface area contributed by atoms with Crippen LogP contribution in [-0.2, 0) is 10.3 Å². The Balaban J connectivity index is 1.65. The molecular weight excluding hydrogens is 387 g/mol. The van der Waals surface area contributed by atoms with Gasteiger partial charge in [0.25, 0.3) is 6.02 Å². The third kappa shape index (κ3) is 2.90. The summed E-state index contributed by atoms with van der Waals surface area (Å²) in [5.74, 6) is 1.56. The maximum atomic E-state index is 14.6. The molecule has 30 heavy (non-hydrogen) atoms. The zero-order chi connectivity index (χ0) is 20.7. The average molecular weight is 406 g/mol. The number of nitrogens with zero attached hydrogens (tertiary/aromatic N) is 1. The smallest absolute Gasteiger partial charge is 0.283 e. The van der Waals surface area contributed by atoms with Crippen molar-refractivity contribution in [1.82, 2.24) is 0 Å². The van der Waals surface area contributed by atoms with Gasteiger partial charge in [0.2, 0.25) is 6.79 Å². The number of aliphatic imine (C=N–C) groups is 1. The maximum Gasteiger partial charge on any atom is 0.283 e. The fourth-order valence-electron chi connectivity index (χ4n) is 3.84. The molecule has 0 spiro atoms. The Kier molecular flexibility index (Phi) is 4.24. The van der Waals surface area contributed by atoms with Crippen LogP contribution < -0.4 is 19.9 Å². The summed E-state index contributed by atoms with van der Waals surface area (Å²) in [6.45, 7) is 0.404. The van der Waals surface area contributed by atoms with Crippen LogP contribution in [0.3, 0.4) is 0 Å². The number of amidine groups is 1. The van der Waals surface area contributed by atoms with E-state index in [2.05, 4.69) is 4.99 Å². The Morgan fingerprint density at radius 3 is 2.60 bits per heavy atom. The summed E-state index contributed by atoms with van der Waals surface area (Å²) in [4.78, 5) is 4.63. The lowest BCUT2D eigenvalue weighted by Gasteiger charge is -2.26. The van der Waals surface area contributed by atoms with Gasteiger partial charge in [-0.2, -0.15) is 0 Å². The Morgan fingerprint density at radius 1 is 0.967 bits per heavy atom. The molecule has 3 aromatic rings. The molecule has 1 atom stereocenters. The van der Waals surface area contributed by atoms with E-state index in [4.69, 9.17) is 24.7 Å². The van der Waals surface area contributed by atoms with Crippen LogP contribution in [0, 0.1) is 5.82 Å². The normalized spacial score (nSPS) is 19.3. The number of nitrogens with two attached hydrogens (primary N) is 1. The molecule has 1 unspecified atom stereocenters. The summed E-state index contributed by atoms with van der Waals surface area (Å²) < 4.78 is 36.3. The highest BCUT2D eigenvalue weighted by molar-refractivity contribution is 5.76. The van der Waals surface area contributed by atoms with Gasteiger partial charge in [-0.15, -0.1) is 0 Å². The monoisotopic (exact) mass is 406 g/mol. The van der Waals surface area contributed by atoms with Crippen LogP contribution in [0.25, 0.3) is 11.1 Å². The first-order valence-corrected chi connectivity index (χ1v) is 9.42. The topological polar surface area (TPSA) is 75.3 Å². The van der Waals surface area contributed by atoms with Gasteiger partial charge in [-0.1, -0.05) is 24.3 Å². The molecule has 0 aromatic heterocycles. The van der Waals surface area contributed by atoms with Crippen LogP contribution in [0.5, 0.6) is 17.2 Å². The molecule has 2 aliphatic heterocycles. The van der Waals surface area contributed by atoms with Gasteiger partial charge in [-0.3, -0.25) is 0 Å². The van der Waals surface area contributed by atoms with Crippen molar-refractivity contribution >= 4 is 6.02 Å². The minimum atomic E-state index is -0.879. The van der Waals surface area contributed by atoms with Crippen molar-refractivity contribution in [2.75, 3.05) is 20.5 Å². The number of hydrogen-bond donors (Lipinski definition) is 1. The minimum absolute atomic E-state index is 0.102. The van der Waals surface area contributed by atoms with Crippen molar-refractivity contribution in [2.45, 2.75) is 5.54 Å². The molecule has 2 heterocycles. The summed E-state index contributed by atoms with van der Waals surface area (Å²) in [7, 11) is 1.55. The second-order valence-electron chi connectivity index (χ2n) is 7.09. The summed E-state index contributed by atoms with van der Waals surface area (Å²) >= 11 is 0. The second kappa shape index (κ2) is 6.95. The number of benzene rings is 3. The molecule has 7 heteroatoms. The molecular formula is C23H19FN2O4. The quantitative estimate of drug-likeness (QED) is 0.713. The number of rotatable bonds is 4. The van der Waals surface area contributed by atoms with Gasteiger partial charge in [-0.05, 0) is 53.1 Å². The third-order valence-electron chi connectivity index (χ3n) is 5.40. The van der Waals surface area contributed by atoms with E-state index in [1.54, 1.807) is 19.2 Å². The van der Waals surface area contributed by atoms with Gasteiger partial charge in [0.15, 0.2) is 17.0 Å². The number of fused-ring (bicyclic) bond motifs is 1. The SMILES string of the molecule is COc1ccc(F)c(-c2cccc(C3(c4ccc5c(c4)OCO5)COC(N)=N3)c2)c1. The Bertz CT molecular complexity index is 1160. The molecule has 0 radical (unpaired) electrons. The molecule has 5 rings (SSSR count). The Hall–Kier alpha value is -3.74. The predicted octanol–water partition coefficient (Wildman–Crippen LogP) is 3.82. The highest BCUT2D eigenvalue weighted by Gasteiger charge is 2.41. The predicted molar refractivity (Wildman–Crippen MR) is 109 cm³/mol. The lowest BCUT2D eigenvalue weighted by Crippen LogP contribution is -2.27. The molecule has 2 aliphatic rings. The molecule has 0 saturated carbocycles. The van der Waals surface area contributed by atoms with Crippen molar-refractivity contribution in [2.24, 2.45) is 10.7 Å². The van der Waals surface area contributed by atoms with E-state index in [0.717, 1.165) is 11.1 Å². The minimum Gasteiger partial charge on any atom is -0.497 e. The summed E-state index contributed by atoms with van der Waals surface area (Å²) in [6, 6.07) is 17.9. The molecule has 152 valence electrons. The molecule has 0 aliphatic carbocycles. The zero-order valence-corrected chi connectivity index (χ0v) is 16.2. The first kappa shape index (κ1) is 18.3. The van der Waals surface area contributed by atoms with E-state index >= 15 is 0 Å². The summed E-state index contributed by atoms with van der Waals surface area (Å²) in [5, 5.41) is 0. The van der Waals surface area contributed by atoms with E-state index in [1.165, 1.54) is 6.07 Å². The molecule has 0 saturated heterocycles. The van der Waals surface area contributed by atoms with E-state index in [1.807, 2.05) is 42.5 Å². The number of halogens is 1. The van der Waals surface area contributed by atoms with Crippen LogP contribution in [-0.4, -0.2) is 26.5 Å². The molecule has 3 aromatic carbocycles. The van der Waals surface area contributed by atoms with Crippen molar-refractivity contribution in [3.05, 3.63) is 77.6 Å². The van der Waals surface area contributed by atoms with Crippen LogP contribution in [0.4, 0.5) is 4.39 Å². The van der Waals surface area contributed by atoms with Gasteiger partial charge in [0, 0.05) is 5.56 Å². The first-order valence-electron chi connectivity index (χ1n) is 9.42. The van der Waals surface area contributed by atoms with Crippen molar-refractivity contribution < 1.29 is 23.3 Å². The summed E-state index contributed by atoms with van der Waals surface area (Å²) in [5.41, 5.74) is 7.83. The number of hydrogen-bond acceptors (Lipinski definition) is 6. The van der Waals surface area contributed by atoms with Crippen molar-refractivity contribution in [1.29, 1.82) is 0 Å². The molecule has 0 amide bonds. The van der Waals surface area contributed by atoms with Gasteiger partial charge in [0.1, 0.15) is 18.2 Å². The van der Waals surface area contributed by atoms with Gasteiger partial charge >= 0.3 is 0 Å². The van der Waals surface area contributed by atoms with Gasteiger partial charge in [-0.25, -0.2) is 9.38 Å². The van der Waals surface area contributed by atoms with E-state index < -0.39 is 5.54 Å². The van der Waals surface area contributed by atoms with Crippen LogP contribution >= 0.6 is 0 Å². The van der Waals surface area contributed by atoms with E-state index in [9.17, 15) is 4.39 Å². The van der Waals surface area contributed by atoms with Gasteiger partial charge < -0.3 is 24.7 Å². The van der Waals surface area contributed by atoms with E-state index in [0.29, 0.717) is 28.4 Å². The Labute approximate surface area is 172 Å². The fourth-order valence-corrected chi connectivity index (χ4v) is 3.84. The standard InChI is InChI=1S/C23H19FN2O4/c1-27-17-6-7-19(24)18(11-17)14-3-2-4-15(9-14)23(12-28-22(25)26-23)16-5-8-20-21(10-16)30-13-29-20/h2-11H,12-13H2,1H3,(H2,25,26). The highest BCUT2D eigenvalue weighted by atomic mass is 19.1. The number of ether oxygens (including phenoxy) is 4. The highest BCUT2D eigenvalue weighted by Crippen LogP contribution is 2.43. The third-order valence-corrected chi connectivity index (χ3v) is 5.40. The molecule has 2 N–H and O–H groups in total. The van der Waals surface area contributed by atoms with Gasteiger partial charge in [0.05, 0.1) is 7.11 Å². The van der Waals surface area contributed by atoms with Crippen LogP contribution in [0.1, 0.15) is 11.1 Å². The zero-order valence-electron chi connectivity index (χ0n) is 16.2. The summed E-state index contributed by atoms with van der Waals surface area (Å²) in [6.07, 6.45) is 0. The van der Waals surface area contributed by atoms with Crippen LogP contribution in [0.15, 0.2) is 65.7 Å². The largest absolute Gasteiger partial charge is 0.497 e. The molecule has 0 fully saturated rings. The molecule has 6 nitrogen and oxygen atoms in total. The number of methoxy groups -OCH3 is 1. The maximum absolute atomic E-state index is 14.6. The second-order valence-corrected chi connectivity index (χ2v) is 7.09. The van der Waals surface area contributed by atoms with Crippen LogP contribution in [0.2, 0.25) is 0 Å². The Morgan fingerprint density at radius 2 is 1.80 bits per heavy atom. The fraction of sp³-hybridized carbons (Fsp3) is 0.174. The van der Waals surface area contributed by atoms with E-state index in [-0.39, 0.29) is 25.2 Å². The van der Waals surface area contributed by atoms with Crippen molar-refractivity contribution in [3.8, 4) is 28.4 Å². The van der Waals surface area contributed by atoms with Crippen molar-refractivity contribution in [3.63, 3.8) is 0 Å². The first-order chi connectivity index (χ1) is 14.6. The average Bonchev–Trinajstić information content (AvgIpc) is 3.41. The lowest BCUT2D eigenvalue weighted by atomic mass is 9.83. The molecule has 0 bridgehead atoms. The lowest BCUT2D eigenvalue weighted by molar-refractivity contribution is 0.174.